The quantitative estimate of drug-likeness (QED) is 0.143. The molecule has 0 heterocycles. The van der Waals surface area contributed by atoms with Crippen LogP contribution in [0.15, 0.2) is 149 Å². The zero-order valence-electron chi connectivity index (χ0n) is 38.9. The number of rotatable bonds is 15. The summed E-state index contributed by atoms with van der Waals surface area (Å²) in [5.74, 6) is 3.57. The third kappa shape index (κ3) is 9.25. The summed E-state index contributed by atoms with van der Waals surface area (Å²) in [5.41, 5.74) is 18.1. The second-order valence-electron chi connectivity index (χ2n) is 21.0. The van der Waals surface area contributed by atoms with Crippen molar-refractivity contribution in [1.29, 1.82) is 0 Å². The Kier molecular flexibility index (Phi) is 12.9. The molecule has 2 heteroatoms. The fraction of sp³-hybridized carbons (Fsp3) is 0.443. The Morgan fingerprint density at radius 2 is 1.52 bits per heavy atom. The number of hydrogen-bond acceptors (Lipinski definition) is 2. The van der Waals surface area contributed by atoms with E-state index in [-0.39, 0.29) is 11.3 Å². The van der Waals surface area contributed by atoms with E-state index in [9.17, 15) is 9.59 Å². The van der Waals surface area contributed by atoms with Gasteiger partial charge in [0.25, 0.3) is 0 Å². The highest BCUT2D eigenvalue weighted by atomic mass is 16.1. The summed E-state index contributed by atoms with van der Waals surface area (Å²) in [7, 11) is 0. The van der Waals surface area contributed by atoms with Crippen LogP contribution in [0.4, 0.5) is 0 Å². The molecule has 0 aliphatic heterocycles. The maximum Gasteiger partial charge on any atom is 0.158 e. The summed E-state index contributed by atoms with van der Waals surface area (Å²) < 4.78 is 0. The van der Waals surface area contributed by atoms with Gasteiger partial charge in [-0.1, -0.05) is 154 Å². The van der Waals surface area contributed by atoms with Gasteiger partial charge in [-0.3, -0.25) is 9.59 Å². The van der Waals surface area contributed by atoms with Crippen molar-refractivity contribution in [3.63, 3.8) is 0 Å². The van der Waals surface area contributed by atoms with Gasteiger partial charge < -0.3 is 0 Å². The number of fused-ring (bicyclic) bond motifs is 3. The van der Waals surface area contributed by atoms with E-state index >= 15 is 0 Å². The lowest BCUT2D eigenvalue weighted by molar-refractivity contribution is -0.120. The van der Waals surface area contributed by atoms with Crippen molar-refractivity contribution < 1.29 is 9.59 Å². The minimum atomic E-state index is 0.0484. The van der Waals surface area contributed by atoms with Crippen molar-refractivity contribution in [1.82, 2.24) is 0 Å². The zero-order valence-corrected chi connectivity index (χ0v) is 38.9. The van der Waals surface area contributed by atoms with E-state index in [4.69, 9.17) is 0 Å². The summed E-state index contributed by atoms with van der Waals surface area (Å²) >= 11 is 0. The van der Waals surface area contributed by atoms with Gasteiger partial charge in [0, 0.05) is 36.0 Å². The number of aryl methyl sites for hydroxylation is 1. The number of carbonyl (C=O) groups is 2. The summed E-state index contributed by atoms with van der Waals surface area (Å²) in [6.07, 6.45) is 31.9. The van der Waals surface area contributed by atoms with Crippen LogP contribution < -0.4 is 0 Å². The van der Waals surface area contributed by atoms with Gasteiger partial charge in [-0.2, -0.15) is 0 Å². The topological polar surface area (TPSA) is 34.1 Å². The zero-order chi connectivity index (χ0) is 43.7. The van der Waals surface area contributed by atoms with E-state index in [0.29, 0.717) is 41.7 Å². The minimum absolute atomic E-state index is 0.0484. The second kappa shape index (κ2) is 18.7. The molecule has 0 bridgehead atoms. The molecule has 0 saturated heterocycles. The smallest absolute Gasteiger partial charge is 0.158 e. The molecule has 0 N–H and O–H groups in total. The van der Waals surface area contributed by atoms with Crippen LogP contribution in [0.25, 0.3) is 5.57 Å². The molecule has 326 valence electrons. The van der Waals surface area contributed by atoms with Gasteiger partial charge in [-0.25, -0.2) is 0 Å². The first-order valence-corrected chi connectivity index (χ1v) is 24.7. The molecule has 2 fully saturated rings. The van der Waals surface area contributed by atoms with E-state index in [2.05, 4.69) is 144 Å². The van der Waals surface area contributed by atoms with Crippen molar-refractivity contribution in [3.8, 4) is 0 Å². The highest BCUT2D eigenvalue weighted by Gasteiger charge is 2.45. The Balaban J connectivity index is 0.707. The SMILES string of the molecule is CC1=CC(C)=C2C1=CC1=CC=C(CCC(=O)CCCC3CCC(CC=CC(=O)C4CCC[C@@H](C5C=C(c6ccc(Cc7ccccc7)cc6)c6c(C)cccc65)C4)CC3)C1C2(C)C. The normalized spacial score (nSPS) is 26.1. The Labute approximate surface area is 379 Å². The van der Waals surface area contributed by atoms with E-state index in [1.54, 1.807) is 0 Å². The molecule has 4 atom stereocenters. The monoisotopic (exact) mass is 835 g/mol. The number of benzene rings is 3. The van der Waals surface area contributed by atoms with E-state index < -0.39 is 0 Å². The van der Waals surface area contributed by atoms with E-state index in [1.165, 1.54) is 111 Å². The Bertz CT molecular complexity index is 2430. The summed E-state index contributed by atoms with van der Waals surface area (Å²) in [6.45, 7) is 11.6. The molecule has 2 saturated carbocycles. The lowest BCUT2D eigenvalue weighted by atomic mass is 9.61. The van der Waals surface area contributed by atoms with E-state index in [1.807, 2.05) is 6.08 Å². The summed E-state index contributed by atoms with van der Waals surface area (Å²) in [4.78, 5) is 26.8. The van der Waals surface area contributed by atoms with Gasteiger partial charge >= 0.3 is 0 Å². The van der Waals surface area contributed by atoms with Crippen LogP contribution >= 0.6 is 0 Å². The van der Waals surface area contributed by atoms with Crippen molar-refractivity contribution in [2.75, 3.05) is 0 Å². The third-order valence-corrected chi connectivity index (χ3v) is 16.3. The molecule has 6 aliphatic carbocycles. The van der Waals surface area contributed by atoms with Crippen LogP contribution in [0.2, 0.25) is 0 Å². The maximum absolute atomic E-state index is 13.7. The molecule has 0 spiro atoms. The van der Waals surface area contributed by atoms with Gasteiger partial charge in [0.1, 0.15) is 5.78 Å². The highest BCUT2D eigenvalue weighted by molar-refractivity contribution is 5.92. The molecule has 3 aromatic carbocycles. The van der Waals surface area contributed by atoms with E-state index in [0.717, 1.165) is 57.3 Å². The van der Waals surface area contributed by atoms with Crippen LogP contribution in [0, 0.1) is 41.9 Å². The lowest BCUT2D eigenvalue weighted by Gasteiger charge is -2.42. The average Bonchev–Trinajstić information content (AvgIpc) is 3.98. The van der Waals surface area contributed by atoms with Crippen LogP contribution in [0.5, 0.6) is 0 Å². The fourth-order valence-corrected chi connectivity index (χ4v) is 13.1. The largest absolute Gasteiger partial charge is 0.300 e. The standard InChI is InChI=1S/C61H70O2/c1-40-13-9-21-53-55(39-56(58(40)53)47-29-27-46(28-30-47)36-45-14-7-6-8-15-45)49-18-12-19-50(37-49)57(63)22-11-17-44-25-23-43(24-26-44)16-10-20-52(62)34-33-48-31-32-51-38-54-41(2)35-42(3)59(54)61(4,5)60(48)51/h6-9,11,13-15,21-22,27-32,35,38-39,43-44,49-50,55,60H,10,12,16-20,23-26,33-34,36-37H2,1-5H3/t43?,44?,49-,50?,55?,60?/m1/s1. The fourth-order valence-electron chi connectivity index (χ4n) is 13.1. The van der Waals surface area contributed by atoms with Gasteiger partial charge in [0.2, 0.25) is 0 Å². The second-order valence-corrected chi connectivity index (χ2v) is 21.0. The molecular weight excluding hydrogens is 765 g/mol. The number of Topliss-reactive ketones (excluding diaryl/α,β-unsaturated/α-hetero) is 1. The molecule has 3 aromatic rings. The molecule has 3 unspecified atom stereocenters. The van der Waals surface area contributed by atoms with Gasteiger partial charge in [0.15, 0.2) is 5.78 Å². The predicted molar refractivity (Wildman–Crippen MR) is 262 cm³/mol. The van der Waals surface area contributed by atoms with Crippen LogP contribution in [-0.4, -0.2) is 11.6 Å². The lowest BCUT2D eigenvalue weighted by Crippen LogP contribution is -2.32. The van der Waals surface area contributed by atoms with Crippen LogP contribution in [-0.2, 0) is 16.0 Å². The first-order valence-electron chi connectivity index (χ1n) is 24.7. The molecule has 2 nitrogen and oxygen atoms in total. The number of carbonyl (C=O) groups excluding carboxylic acids is 2. The molecule has 0 aromatic heterocycles. The van der Waals surface area contributed by atoms with Crippen LogP contribution in [0.3, 0.4) is 0 Å². The maximum atomic E-state index is 13.7. The predicted octanol–water partition coefficient (Wildman–Crippen LogP) is 15.5. The van der Waals surface area contributed by atoms with Gasteiger partial charge in [0.05, 0.1) is 0 Å². The molecule has 63 heavy (non-hydrogen) atoms. The summed E-state index contributed by atoms with van der Waals surface area (Å²) in [5, 5.41) is 0. The minimum Gasteiger partial charge on any atom is -0.300 e. The summed E-state index contributed by atoms with van der Waals surface area (Å²) in [6, 6.07) is 26.8. The molecule has 0 amide bonds. The Morgan fingerprint density at radius 3 is 2.32 bits per heavy atom. The van der Waals surface area contributed by atoms with Crippen molar-refractivity contribution in [2.45, 2.75) is 137 Å². The first kappa shape index (κ1) is 43.4. The number of ketones is 2. The average molecular weight is 835 g/mol. The third-order valence-electron chi connectivity index (χ3n) is 16.3. The first-order chi connectivity index (χ1) is 30.5. The van der Waals surface area contributed by atoms with Gasteiger partial charge in [-0.15, -0.1) is 0 Å². The Hall–Kier alpha value is -4.82. The number of hydrogen-bond donors (Lipinski definition) is 0. The van der Waals surface area contributed by atoms with Crippen molar-refractivity contribution >= 4 is 17.1 Å². The van der Waals surface area contributed by atoms with Crippen molar-refractivity contribution in [3.05, 3.63) is 182 Å². The molecule has 6 aliphatic rings. The Morgan fingerprint density at radius 1 is 0.762 bits per heavy atom. The molecule has 9 rings (SSSR count). The van der Waals surface area contributed by atoms with Gasteiger partial charge in [-0.05, 0) is 169 Å². The number of allylic oxidation sites excluding steroid dienone is 13. The van der Waals surface area contributed by atoms with Crippen molar-refractivity contribution in [2.24, 2.45) is 35.0 Å². The molecule has 0 radical (unpaired) electrons. The highest BCUT2D eigenvalue weighted by Crippen LogP contribution is 2.57. The molecular formula is C61H70O2. The van der Waals surface area contributed by atoms with Crippen LogP contribution in [0.1, 0.15) is 157 Å².